The molecule has 0 aromatic carbocycles. The monoisotopic (exact) mass is 343 g/mol. The minimum absolute atomic E-state index is 0.0952. The number of hydrogen-bond donors (Lipinski definition) is 2. The smallest absolute Gasteiger partial charge is 0.325 e. The number of carbonyl (C=O) groups excluding carboxylic acids is 2. The molecule has 0 radical (unpaired) electrons. The number of likely N-dealkylation sites (tertiary alicyclic amines) is 1. The van der Waals surface area contributed by atoms with Gasteiger partial charge in [0.25, 0.3) is 0 Å². The Morgan fingerprint density at radius 1 is 1.32 bits per heavy atom. The van der Waals surface area contributed by atoms with Crippen molar-refractivity contribution in [3.63, 3.8) is 0 Å². The van der Waals surface area contributed by atoms with Crippen molar-refractivity contribution in [3.05, 3.63) is 42.4 Å². The summed E-state index contributed by atoms with van der Waals surface area (Å²) in [5, 5.41) is 15.3. The molecule has 0 bridgehead atoms. The first kappa shape index (κ1) is 16.6. The van der Waals surface area contributed by atoms with Crippen LogP contribution in [0.2, 0.25) is 0 Å². The van der Waals surface area contributed by atoms with Gasteiger partial charge in [0.2, 0.25) is 11.8 Å². The highest BCUT2D eigenvalue weighted by Crippen LogP contribution is 2.21. The second-order valence-electron chi connectivity index (χ2n) is 5.78. The molecular formula is C16H17N5O4. The molecule has 1 unspecified atom stereocenters. The van der Waals surface area contributed by atoms with Gasteiger partial charge in [0, 0.05) is 31.4 Å². The number of rotatable bonds is 6. The third-order valence-corrected chi connectivity index (χ3v) is 3.85. The SMILES string of the molecule is O=C(O)Cn1ccc(NC(=O)C2CC(=O)N(Cc3ccccn3)C2)n1. The number of carbonyl (C=O) groups is 3. The summed E-state index contributed by atoms with van der Waals surface area (Å²) in [5.41, 5.74) is 0.768. The molecule has 9 nitrogen and oxygen atoms in total. The largest absolute Gasteiger partial charge is 0.480 e. The molecule has 2 aromatic rings. The number of carboxylic acids is 1. The molecule has 0 aliphatic carbocycles. The van der Waals surface area contributed by atoms with E-state index in [-0.39, 0.29) is 30.6 Å². The Balaban J connectivity index is 1.57. The van der Waals surface area contributed by atoms with Gasteiger partial charge in [-0.2, -0.15) is 5.10 Å². The van der Waals surface area contributed by atoms with Gasteiger partial charge in [-0.25, -0.2) is 0 Å². The maximum atomic E-state index is 12.3. The number of amides is 2. The highest BCUT2D eigenvalue weighted by molar-refractivity contribution is 5.96. The topological polar surface area (TPSA) is 117 Å². The molecule has 3 heterocycles. The first-order chi connectivity index (χ1) is 12.0. The van der Waals surface area contributed by atoms with Crippen molar-refractivity contribution in [2.75, 3.05) is 11.9 Å². The van der Waals surface area contributed by atoms with Crippen LogP contribution >= 0.6 is 0 Å². The van der Waals surface area contributed by atoms with Gasteiger partial charge in [-0.3, -0.25) is 24.0 Å². The fraction of sp³-hybridized carbons (Fsp3) is 0.312. The van der Waals surface area contributed by atoms with Crippen LogP contribution in [-0.2, 0) is 27.5 Å². The van der Waals surface area contributed by atoms with E-state index in [2.05, 4.69) is 15.4 Å². The first-order valence-electron chi connectivity index (χ1n) is 7.75. The van der Waals surface area contributed by atoms with Gasteiger partial charge < -0.3 is 15.3 Å². The zero-order valence-electron chi connectivity index (χ0n) is 13.3. The van der Waals surface area contributed by atoms with Gasteiger partial charge in [0.1, 0.15) is 6.54 Å². The van der Waals surface area contributed by atoms with Crippen molar-refractivity contribution in [3.8, 4) is 0 Å². The Bertz CT molecular complexity index is 789. The lowest BCUT2D eigenvalue weighted by Gasteiger charge is -2.15. The van der Waals surface area contributed by atoms with Crippen LogP contribution in [0.3, 0.4) is 0 Å². The summed E-state index contributed by atoms with van der Waals surface area (Å²) in [7, 11) is 0. The van der Waals surface area contributed by atoms with Gasteiger partial charge in [-0.1, -0.05) is 6.07 Å². The molecule has 0 saturated carbocycles. The van der Waals surface area contributed by atoms with E-state index in [0.29, 0.717) is 13.1 Å². The van der Waals surface area contributed by atoms with Crippen LogP contribution in [0.4, 0.5) is 5.82 Å². The maximum absolute atomic E-state index is 12.3. The predicted molar refractivity (Wildman–Crippen MR) is 86.3 cm³/mol. The standard InChI is InChI=1S/C16H17N5O4/c22-14-7-11(8-20(14)9-12-3-1-2-5-17-12)16(25)18-13-4-6-21(19-13)10-15(23)24/h1-6,11H,7-10H2,(H,23,24)(H,18,19,25). The summed E-state index contributed by atoms with van der Waals surface area (Å²) >= 11 is 0. The predicted octanol–water partition coefficient (Wildman–Crippen LogP) is 0.350. The first-order valence-corrected chi connectivity index (χ1v) is 7.75. The van der Waals surface area contributed by atoms with Crippen molar-refractivity contribution >= 4 is 23.6 Å². The minimum Gasteiger partial charge on any atom is -0.480 e. The summed E-state index contributed by atoms with van der Waals surface area (Å²) in [6.07, 6.45) is 3.26. The second kappa shape index (κ2) is 7.12. The maximum Gasteiger partial charge on any atom is 0.325 e. The fourth-order valence-electron chi connectivity index (χ4n) is 2.67. The molecule has 1 fully saturated rings. The van der Waals surface area contributed by atoms with Gasteiger partial charge in [-0.05, 0) is 12.1 Å². The van der Waals surface area contributed by atoms with Crippen molar-refractivity contribution in [1.29, 1.82) is 0 Å². The van der Waals surface area contributed by atoms with Gasteiger partial charge in [0.15, 0.2) is 5.82 Å². The summed E-state index contributed by atoms with van der Waals surface area (Å²) in [6, 6.07) is 6.99. The molecule has 2 N–H and O–H groups in total. The number of aromatic nitrogens is 3. The van der Waals surface area contributed by atoms with E-state index < -0.39 is 11.9 Å². The molecule has 1 aliphatic heterocycles. The van der Waals surface area contributed by atoms with Crippen LogP contribution < -0.4 is 5.32 Å². The molecule has 9 heteroatoms. The van der Waals surface area contributed by atoms with E-state index in [1.54, 1.807) is 17.2 Å². The number of pyridine rings is 1. The van der Waals surface area contributed by atoms with E-state index >= 15 is 0 Å². The Morgan fingerprint density at radius 2 is 2.16 bits per heavy atom. The van der Waals surface area contributed by atoms with Crippen LogP contribution in [0.25, 0.3) is 0 Å². The quantitative estimate of drug-likeness (QED) is 0.781. The minimum atomic E-state index is -1.02. The molecule has 130 valence electrons. The van der Waals surface area contributed by atoms with Crippen LogP contribution in [0.15, 0.2) is 36.7 Å². The molecule has 2 amide bonds. The molecule has 2 aromatic heterocycles. The Labute approximate surface area is 143 Å². The van der Waals surface area contributed by atoms with E-state index in [1.807, 2.05) is 12.1 Å². The third-order valence-electron chi connectivity index (χ3n) is 3.85. The van der Waals surface area contributed by atoms with Gasteiger partial charge in [-0.15, -0.1) is 0 Å². The molecule has 1 aliphatic rings. The van der Waals surface area contributed by atoms with Crippen molar-refractivity contribution in [2.24, 2.45) is 5.92 Å². The molecule has 1 saturated heterocycles. The van der Waals surface area contributed by atoms with Crippen LogP contribution in [0.5, 0.6) is 0 Å². The molecule has 0 spiro atoms. The van der Waals surface area contributed by atoms with Crippen LogP contribution in [-0.4, -0.2) is 49.1 Å². The van der Waals surface area contributed by atoms with E-state index in [4.69, 9.17) is 5.11 Å². The Morgan fingerprint density at radius 3 is 2.88 bits per heavy atom. The average molecular weight is 343 g/mol. The Kier molecular flexibility index (Phi) is 4.73. The molecular weight excluding hydrogens is 326 g/mol. The normalized spacial score (nSPS) is 16.9. The second-order valence-corrected chi connectivity index (χ2v) is 5.78. The van der Waals surface area contributed by atoms with E-state index in [1.165, 1.54) is 16.9 Å². The van der Waals surface area contributed by atoms with Gasteiger partial charge in [0.05, 0.1) is 18.2 Å². The summed E-state index contributed by atoms with van der Waals surface area (Å²) in [5.74, 6) is -1.63. The van der Waals surface area contributed by atoms with E-state index in [0.717, 1.165) is 5.69 Å². The third kappa shape index (κ3) is 4.19. The Hall–Kier alpha value is -3.23. The zero-order chi connectivity index (χ0) is 17.8. The number of aliphatic carboxylic acids is 1. The zero-order valence-corrected chi connectivity index (χ0v) is 13.3. The summed E-state index contributed by atoms with van der Waals surface area (Å²) in [4.78, 5) is 40.9. The summed E-state index contributed by atoms with van der Waals surface area (Å²) < 4.78 is 1.21. The van der Waals surface area contributed by atoms with Gasteiger partial charge >= 0.3 is 5.97 Å². The van der Waals surface area contributed by atoms with Crippen LogP contribution in [0, 0.1) is 5.92 Å². The van der Waals surface area contributed by atoms with Crippen LogP contribution in [0.1, 0.15) is 12.1 Å². The molecule has 25 heavy (non-hydrogen) atoms. The number of anilines is 1. The molecule has 1 atom stereocenters. The number of carboxylic acid groups (broad SMARTS) is 1. The fourth-order valence-corrected chi connectivity index (χ4v) is 2.67. The van der Waals surface area contributed by atoms with E-state index in [9.17, 15) is 14.4 Å². The number of hydrogen-bond acceptors (Lipinski definition) is 5. The van der Waals surface area contributed by atoms with Crippen molar-refractivity contribution < 1.29 is 19.5 Å². The highest BCUT2D eigenvalue weighted by Gasteiger charge is 2.34. The average Bonchev–Trinajstić information content (AvgIpc) is 3.15. The molecule has 3 rings (SSSR count). The lowest BCUT2D eigenvalue weighted by molar-refractivity contribution is -0.138. The number of nitrogens with one attached hydrogen (secondary N) is 1. The number of nitrogens with zero attached hydrogens (tertiary/aromatic N) is 4. The van der Waals surface area contributed by atoms with Crippen molar-refractivity contribution in [1.82, 2.24) is 19.7 Å². The lowest BCUT2D eigenvalue weighted by Crippen LogP contribution is -2.28. The summed E-state index contributed by atoms with van der Waals surface area (Å²) in [6.45, 7) is 0.406. The van der Waals surface area contributed by atoms with Crippen molar-refractivity contribution in [2.45, 2.75) is 19.5 Å². The highest BCUT2D eigenvalue weighted by atomic mass is 16.4. The lowest BCUT2D eigenvalue weighted by atomic mass is 10.1.